The molecule has 0 saturated heterocycles. The number of carbonyl (C=O) groups is 1. The van der Waals surface area contributed by atoms with Crippen LogP contribution in [0.1, 0.15) is 21.5 Å². The third-order valence-corrected chi connectivity index (χ3v) is 4.71. The second kappa shape index (κ2) is 6.71. The molecule has 0 aliphatic heterocycles. The minimum absolute atomic E-state index is 0.0663. The number of carbonyl (C=O) groups excluding carboxylic acids is 1. The summed E-state index contributed by atoms with van der Waals surface area (Å²) >= 11 is 18.0. The summed E-state index contributed by atoms with van der Waals surface area (Å²) in [5.74, 6) is -0.634. The van der Waals surface area contributed by atoms with Gasteiger partial charge in [0, 0.05) is 22.0 Å². The standard InChI is InChI=1S/C18H11Cl3O4/c1-8-9(2)17(22)24-15-7-16(14(21)6-12(8)15)25-18(23)11-4-3-10(19)5-13(11)20/h3-7H,1-2H3. The van der Waals surface area contributed by atoms with Crippen molar-refractivity contribution >= 4 is 51.7 Å². The van der Waals surface area contributed by atoms with Crippen molar-refractivity contribution in [3.63, 3.8) is 0 Å². The zero-order valence-electron chi connectivity index (χ0n) is 13.2. The van der Waals surface area contributed by atoms with Crippen molar-refractivity contribution in [2.24, 2.45) is 0 Å². The van der Waals surface area contributed by atoms with Crippen molar-refractivity contribution in [2.75, 3.05) is 0 Å². The second-order valence-electron chi connectivity index (χ2n) is 5.43. The lowest BCUT2D eigenvalue weighted by atomic mass is 10.1. The maximum atomic E-state index is 12.3. The van der Waals surface area contributed by atoms with E-state index in [-0.39, 0.29) is 26.9 Å². The van der Waals surface area contributed by atoms with E-state index in [0.29, 0.717) is 16.0 Å². The van der Waals surface area contributed by atoms with E-state index in [1.165, 1.54) is 24.3 Å². The molecule has 0 radical (unpaired) electrons. The van der Waals surface area contributed by atoms with Gasteiger partial charge in [-0.05, 0) is 43.7 Å². The highest BCUT2D eigenvalue weighted by Gasteiger charge is 2.17. The monoisotopic (exact) mass is 396 g/mol. The lowest BCUT2D eigenvalue weighted by Crippen LogP contribution is -2.10. The van der Waals surface area contributed by atoms with Crippen LogP contribution in [-0.4, -0.2) is 5.97 Å². The Balaban J connectivity index is 2.04. The summed E-state index contributed by atoms with van der Waals surface area (Å²) in [6.45, 7) is 3.47. The van der Waals surface area contributed by atoms with Crippen LogP contribution >= 0.6 is 34.8 Å². The lowest BCUT2D eigenvalue weighted by molar-refractivity contribution is 0.0735. The summed E-state index contributed by atoms with van der Waals surface area (Å²) < 4.78 is 10.6. The fraction of sp³-hybridized carbons (Fsp3) is 0.111. The number of fused-ring (bicyclic) bond motifs is 1. The number of hydrogen-bond donors (Lipinski definition) is 0. The number of benzene rings is 2. The molecule has 0 unspecified atom stereocenters. The molecule has 0 amide bonds. The van der Waals surface area contributed by atoms with Crippen molar-refractivity contribution < 1.29 is 13.9 Å². The van der Waals surface area contributed by atoms with Gasteiger partial charge in [0.1, 0.15) is 5.58 Å². The SMILES string of the molecule is Cc1c(C)c2cc(Cl)c(OC(=O)c3ccc(Cl)cc3Cl)cc2oc1=O. The number of rotatable bonds is 2. The third kappa shape index (κ3) is 3.38. The Morgan fingerprint density at radius 1 is 1.00 bits per heavy atom. The van der Waals surface area contributed by atoms with Gasteiger partial charge >= 0.3 is 11.6 Å². The first-order chi connectivity index (χ1) is 11.8. The van der Waals surface area contributed by atoms with Crippen LogP contribution in [0.4, 0.5) is 0 Å². The van der Waals surface area contributed by atoms with E-state index in [4.69, 9.17) is 44.0 Å². The van der Waals surface area contributed by atoms with Gasteiger partial charge < -0.3 is 9.15 Å². The van der Waals surface area contributed by atoms with E-state index in [1.54, 1.807) is 19.9 Å². The zero-order chi connectivity index (χ0) is 18.3. The highest BCUT2D eigenvalue weighted by molar-refractivity contribution is 6.36. The summed E-state index contributed by atoms with van der Waals surface area (Å²) in [5, 5.41) is 1.44. The van der Waals surface area contributed by atoms with E-state index in [2.05, 4.69) is 0 Å². The second-order valence-corrected chi connectivity index (χ2v) is 6.68. The average molecular weight is 398 g/mol. The van der Waals surface area contributed by atoms with E-state index in [0.717, 1.165) is 5.56 Å². The topological polar surface area (TPSA) is 56.5 Å². The Bertz CT molecular complexity index is 1070. The maximum Gasteiger partial charge on any atom is 0.345 e. The maximum absolute atomic E-state index is 12.3. The van der Waals surface area contributed by atoms with E-state index in [9.17, 15) is 9.59 Å². The van der Waals surface area contributed by atoms with Crippen LogP contribution in [0.2, 0.25) is 15.1 Å². The van der Waals surface area contributed by atoms with Gasteiger partial charge in [-0.2, -0.15) is 0 Å². The van der Waals surface area contributed by atoms with Gasteiger partial charge in [-0.25, -0.2) is 9.59 Å². The van der Waals surface area contributed by atoms with Crippen LogP contribution in [0.25, 0.3) is 11.0 Å². The highest BCUT2D eigenvalue weighted by atomic mass is 35.5. The Morgan fingerprint density at radius 3 is 2.40 bits per heavy atom. The van der Waals surface area contributed by atoms with Crippen molar-refractivity contribution in [1.82, 2.24) is 0 Å². The molecular weight excluding hydrogens is 387 g/mol. The van der Waals surface area contributed by atoms with Crippen LogP contribution < -0.4 is 10.4 Å². The molecule has 0 fully saturated rings. The number of aryl methyl sites for hydroxylation is 1. The summed E-state index contributed by atoms with van der Waals surface area (Å²) in [6, 6.07) is 7.42. The highest BCUT2D eigenvalue weighted by Crippen LogP contribution is 2.33. The van der Waals surface area contributed by atoms with Crippen molar-refractivity contribution in [1.29, 1.82) is 0 Å². The minimum atomic E-state index is -0.700. The van der Waals surface area contributed by atoms with Crippen LogP contribution in [0.3, 0.4) is 0 Å². The lowest BCUT2D eigenvalue weighted by Gasteiger charge is -2.10. The molecule has 7 heteroatoms. The molecule has 1 heterocycles. The third-order valence-electron chi connectivity index (χ3n) is 3.86. The molecule has 0 bridgehead atoms. The van der Waals surface area contributed by atoms with Crippen molar-refractivity contribution in [3.8, 4) is 5.75 Å². The van der Waals surface area contributed by atoms with Crippen LogP contribution in [0, 0.1) is 13.8 Å². The average Bonchev–Trinajstić information content (AvgIpc) is 2.54. The minimum Gasteiger partial charge on any atom is -0.422 e. The van der Waals surface area contributed by atoms with Gasteiger partial charge in [-0.15, -0.1) is 0 Å². The van der Waals surface area contributed by atoms with Gasteiger partial charge in [0.05, 0.1) is 15.6 Å². The fourth-order valence-corrected chi connectivity index (χ4v) is 3.02. The molecule has 2 aromatic carbocycles. The molecule has 25 heavy (non-hydrogen) atoms. The van der Waals surface area contributed by atoms with Crippen molar-refractivity contribution in [2.45, 2.75) is 13.8 Å². The van der Waals surface area contributed by atoms with Gasteiger partial charge in [-0.1, -0.05) is 34.8 Å². The summed E-state index contributed by atoms with van der Waals surface area (Å²) in [5.41, 5.74) is 1.23. The molecule has 128 valence electrons. The van der Waals surface area contributed by atoms with E-state index < -0.39 is 11.6 Å². The van der Waals surface area contributed by atoms with Crippen LogP contribution in [0.5, 0.6) is 5.75 Å². The largest absolute Gasteiger partial charge is 0.422 e. The first-order valence-electron chi connectivity index (χ1n) is 7.18. The van der Waals surface area contributed by atoms with Gasteiger partial charge in [-0.3, -0.25) is 0 Å². The molecule has 0 N–H and O–H groups in total. The van der Waals surface area contributed by atoms with E-state index >= 15 is 0 Å². The predicted octanol–water partition coefficient (Wildman–Crippen LogP) is 5.59. The Hall–Kier alpha value is -2.01. The first-order valence-corrected chi connectivity index (χ1v) is 8.32. The van der Waals surface area contributed by atoms with Crippen LogP contribution in [0.15, 0.2) is 39.5 Å². The smallest absolute Gasteiger partial charge is 0.345 e. The van der Waals surface area contributed by atoms with Gasteiger partial charge in [0.25, 0.3) is 0 Å². The number of halogens is 3. The number of ether oxygens (including phenoxy) is 1. The Labute approximate surface area is 157 Å². The summed E-state index contributed by atoms with van der Waals surface area (Å²) in [6.07, 6.45) is 0. The molecular formula is C18H11Cl3O4. The molecule has 0 spiro atoms. The zero-order valence-corrected chi connectivity index (χ0v) is 15.4. The molecule has 0 saturated carbocycles. The Morgan fingerprint density at radius 2 is 1.72 bits per heavy atom. The van der Waals surface area contributed by atoms with Crippen LogP contribution in [-0.2, 0) is 0 Å². The van der Waals surface area contributed by atoms with Gasteiger partial charge in [0.15, 0.2) is 5.75 Å². The molecule has 3 rings (SSSR count). The fourth-order valence-electron chi connectivity index (χ4n) is 2.33. The number of hydrogen-bond acceptors (Lipinski definition) is 4. The number of esters is 1. The molecule has 0 aliphatic rings. The molecule has 3 aromatic rings. The summed E-state index contributed by atoms with van der Waals surface area (Å²) in [4.78, 5) is 24.2. The molecule has 0 aliphatic carbocycles. The Kier molecular flexibility index (Phi) is 4.78. The van der Waals surface area contributed by atoms with Crippen molar-refractivity contribution in [3.05, 3.63) is 72.5 Å². The molecule has 0 atom stereocenters. The predicted molar refractivity (Wildman–Crippen MR) is 98.4 cm³/mol. The van der Waals surface area contributed by atoms with Gasteiger partial charge in [0.2, 0.25) is 0 Å². The summed E-state index contributed by atoms with van der Waals surface area (Å²) in [7, 11) is 0. The van der Waals surface area contributed by atoms with E-state index in [1.807, 2.05) is 0 Å². The quantitative estimate of drug-likeness (QED) is 0.321. The normalized spacial score (nSPS) is 10.9. The molecule has 4 nitrogen and oxygen atoms in total. The molecule has 1 aromatic heterocycles. The first kappa shape index (κ1) is 17.8.